The van der Waals surface area contributed by atoms with Gasteiger partial charge in [0.05, 0.1) is 0 Å². The van der Waals surface area contributed by atoms with Gasteiger partial charge in [-0.2, -0.15) is 0 Å². The molecule has 1 aromatic carbocycles. The van der Waals surface area contributed by atoms with E-state index in [1.54, 1.807) is 24.3 Å². The highest BCUT2D eigenvalue weighted by Crippen LogP contribution is 2.02. The third-order valence-corrected chi connectivity index (χ3v) is 1.86. The van der Waals surface area contributed by atoms with Crippen molar-refractivity contribution in [1.82, 2.24) is 0 Å². The van der Waals surface area contributed by atoms with Gasteiger partial charge >= 0.3 is 5.97 Å². The van der Waals surface area contributed by atoms with Crippen LogP contribution in [0.1, 0.15) is 17.3 Å². The summed E-state index contributed by atoms with van der Waals surface area (Å²) < 4.78 is 4.66. The zero-order valence-corrected chi connectivity index (χ0v) is 8.47. The average molecular weight is 207 g/mol. The lowest BCUT2D eigenvalue weighted by Gasteiger charge is -2.09. The number of esters is 1. The molecule has 0 amide bonds. The number of Topliss-reactive ketones (excluding diaryl/α,β-unsaturated/α-hetero) is 1. The maximum atomic E-state index is 11.6. The molecule has 0 unspecified atom stereocenters. The van der Waals surface area contributed by atoms with Crippen molar-refractivity contribution in [1.29, 1.82) is 0 Å². The lowest BCUT2D eigenvalue weighted by atomic mass is 10.1. The van der Waals surface area contributed by atoms with E-state index in [-0.39, 0.29) is 12.4 Å². The van der Waals surface area contributed by atoms with Crippen LogP contribution in [0.3, 0.4) is 0 Å². The van der Waals surface area contributed by atoms with Gasteiger partial charge in [-0.1, -0.05) is 30.3 Å². The quantitative estimate of drug-likeness (QED) is 0.584. The Labute approximate surface area is 88.0 Å². The molecule has 0 spiro atoms. The summed E-state index contributed by atoms with van der Waals surface area (Å²) in [6, 6.07) is 7.88. The molecule has 0 saturated carbocycles. The first kappa shape index (κ1) is 11.4. The van der Waals surface area contributed by atoms with E-state index in [1.807, 2.05) is 6.07 Å². The third kappa shape index (κ3) is 3.52. The van der Waals surface area contributed by atoms with Crippen LogP contribution in [0.5, 0.6) is 0 Å². The second-order valence-corrected chi connectivity index (χ2v) is 3.14. The lowest BCUT2D eigenvalue weighted by molar-refractivity contribution is -0.141. The van der Waals surface area contributed by atoms with E-state index < -0.39 is 12.0 Å². The van der Waals surface area contributed by atoms with Gasteiger partial charge in [0.25, 0.3) is 0 Å². The number of benzene rings is 1. The molecule has 0 bridgehead atoms. The van der Waals surface area contributed by atoms with Crippen LogP contribution in [-0.2, 0) is 9.53 Å². The number of hydrogen-bond acceptors (Lipinski definition) is 4. The van der Waals surface area contributed by atoms with E-state index in [0.717, 1.165) is 0 Å². The molecule has 4 nitrogen and oxygen atoms in total. The molecule has 0 saturated heterocycles. The highest BCUT2D eigenvalue weighted by atomic mass is 16.5. The highest BCUT2D eigenvalue weighted by Gasteiger charge is 2.16. The first-order chi connectivity index (χ1) is 7.11. The minimum atomic E-state index is -0.795. The van der Waals surface area contributed by atoms with Crippen molar-refractivity contribution in [3.05, 3.63) is 35.9 Å². The number of ketones is 1. The molecule has 1 rings (SSSR count). The maximum absolute atomic E-state index is 11.6. The summed E-state index contributed by atoms with van der Waals surface area (Å²) in [6.07, 6.45) is 0. The zero-order chi connectivity index (χ0) is 11.3. The van der Waals surface area contributed by atoms with Gasteiger partial charge in [-0.25, -0.2) is 0 Å². The van der Waals surface area contributed by atoms with Crippen molar-refractivity contribution < 1.29 is 14.3 Å². The van der Waals surface area contributed by atoms with Crippen LogP contribution < -0.4 is 5.73 Å². The Morgan fingerprint density at radius 2 is 1.93 bits per heavy atom. The predicted molar refractivity (Wildman–Crippen MR) is 55.4 cm³/mol. The van der Waals surface area contributed by atoms with E-state index in [4.69, 9.17) is 5.73 Å². The number of carbonyl (C=O) groups is 2. The molecule has 0 radical (unpaired) electrons. The molecule has 0 heterocycles. The van der Waals surface area contributed by atoms with Crippen molar-refractivity contribution >= 4 is 11.8 Å². The van der Waals surface area contributed by atoms with Gasteiger partial charge in [-0.15, -0.1) is 0 Å². The molecule has 0 aliphatic heterocycles. The minimum Gasteiger partial charge on any atom is -0.464 e. The van der Waals surface area contributed by atoms with Crippen molar-refractivity contribution in [3.8, 4) is 0 Å². The Bertz CT molecular complexity index is 348. The Morgan fingerprint density at radius 3 is 2.47 bits per heavy atom. The van der Waals surface area contributed by atoms with E-state index >= 15 is 0 Å². The Hall–Kier alpha value is -1.68. The molecule has 1 atom stereocenters. The third-order valence-electron chi connectivity index (χ3n) is 1.86. The first-order valence-corrected chi connectivity index (χ1v) is 4.59. The summed E-state index contributed by atoms with van der Waals surface area (Å²) >= 11 is 0. The Morgan fingerprint density at radius 1 is 1.33 bits per heavy atom. The van der Waals surface area contributed by atoms with Crippen LogP contribution in [0, 0.1) is 0 Å². The molecule has 0 aromatic heterocycles. The van der Waals surface area contributed by atoms with Gasteiger partial charge < -0.3 is 10.5 Å². The van der Waals surface area contributed by atoms with Crippen LogP contribution in [0.4, 0.5) is 0 Å². The van der Waals surface area contributed by atoms with E-state index in [9.17, 15) is 9.59 Å². The van der Waals surface area contributed by atoms with Crippen molar-refractivity contribution in [3.63, 3.8) is 0 Å². The normalized spacial score (nSPS) is 11.9. The number of rotatable bonds is 4. The molecule has 15 heavy (non-hydrogen) atoms. The summed E-state index contributed by atoms with van der Waals surface area (Å²) in [5.74, 6) is -0.664. The fourth-order valence-corrected chi connectivity index (χ4v) is 1.10. The molecule has 80 valence electrons. The topological polar surface area (TPSA) is 69.4 Å². The number of carbonyl (C=O) groups excluding carboxylic acids is 2. The van der Waals surface area contributed by atoms with Crippen molar-refractivity contribution in [2.24, 2.45) is 5.73 Å². The SMILES string of the molecule is CC(=O)OC[C@@H](N)C(=O)c1ccccc1. The van der Waals surface area contributed by atoms with Gasteiger partial charge in [0, 0.05) is 12.5 Å². The van der Waals surface area contributed by atoms with Crippen LogP contribution in [-0.4, -0.2) is 24.4 Å². The van der Waals surface area contributed by atoms with Gasteiger partial charge in [-0.3, -0.25) is 9.59 Å². The molecule has 0 fully saturated rings. The van der Waals surface area contributed by atoms with Crippen LogP contribution in [0.2, 0.25) is 0 Å². The first-order valence-electron chi connectivity index (χ1n) is 4.59. The highest BCUT2D eigenvalue weighted by molar-refractivity contribution is 6.00. The Kier molecular flexibility index (Phi) is 4.00. The van der Waals surface area contributed by atoms with Gasteiger partial charge in [0.15, 0.2) is 5.78 Å². The van der Waals surface area contributed by atoms with Crippen molar-refractivity contribution in [2.75, 3.05) is 6.61 Å². The molecule has 4 heteroatoms. The zero-order valence-electron chi connectivity index (χ0n) is 8.47. The Balaban J connectivity index is 2.57. The summed E-state index contributed by atoms with van der Waals surface area (Å²) in [5.41, 5.74) is 6.10. The van der Waals surface area contributed by atoms with Crippen LogP contribution in [0.15, 0.2) is 30.3 Å². The monoisotopic (exact) mass is 207 g/mol. The summed E-state index contributed by atoms with van der Waals surface area (Å²) in [5, 5.41) is 0. The average Bonchev–Trinajstić information content (AvgIpc) is 2.26. The molecule has 2 N–H and O–H groups in total. The van der Waals surface area contributed by atoms with E-state index in [1.165, 1.54) is 6.92 Å². The minimum absolute atomic E-state index is 0.0803. The van der Waals surface area contributed by atoms with Gasteiger partial charge in [0.2, 0.25) is 0 Å². The smallest absolute Gasteiger partial charge is 0.302 e. The standard InChI is InChI=1S/C11H13NO3/c1-8(13)15-7-10(12)11(14)9-5-3-2-4-6-9/h2-6,10H,7,12H2,1H3/t10-/m1/s1. The predicted octanol–water partition coefficient (Wildman–Crippen LogP) is 0.760. The molecule has 0 aliphatic carbocycles. The molecular weight excluding hydrogens is 194 g/mol. The number of ether oxygens (including phenoxy) is 1. The number of nitrogens with two attached hydrogens (primary N) is 1. The maximum Gasteiger partial charge on any atom is 0.302 e. The lowest BCUT2D eigenvalue weighted by Crippen LogP contribution is -2.35. The summed E-state index contributed by atoms with van der Waals surface area (Å²) in [6.45, 7) is 1.20. The second-order valence-electron chi connectivity index (χ2n) is 3.14. The molecular formula is C11H13NO3. The second kappa shape index (κ2) is 5.26. The van der Waals surface area contributed by atoms with Crippen LogP contribution >= 0.6 is 0 Å². The summed E-state index contributed by atoms with van der Waals surface area (Å²) in [7, 11) is 0. The van der Waals surface area contributed by atoms with Crippen molar-refractivity contribution in [2.45, 2.75) is 13.0 Å². The largest absolute Gasteiger partial charge is 0.464 e. The fourth-order valence-electron chi connectivity index (χ4n) is 1.10. The molecule has 0 aliphatic rings. The van der Waals surface area contributed by atoms with E-state index in [2.05, 4.69) is 4.74 Å². The molecule has 1 aromatic rings. The fraction of sp³-hybridized carbons (Fsp3) is 0.273. The van der Waals surface area contributed by atoms with Crippen LogP contribution in [0.25, 0.3) is 0 Å². The van der Waals surface area contributed by atoms with Gasteiger partial charge in [0.1, 0.15) is 12.6 Å². The number of hydrogen-bond donors (Lipinski definition) is 1. The van der Waals surface area contributed by atoms with Gasteiger partial charge in [-0.05, 0) is 0 Å². The van der Waals surface area contributed by atoms with E-state index in [0.29, 0.717) is 5.56 Å². The summed E-state index contributed by atoms with van der Waals surface area (Å²) in [4.78, 5) is 22.2.